The number of alkyl halides is 3. The molecule has 0 aliphatic rings. The average molecular weight is 449 g/mol. The zero-order valence-electron chi connectivity index (χ0n) is 12.1. The van der Waals surface area contributed by atoms with Gasteiger partial charge in [0, 0.05) is 9.26 Å². The fourth-order valence-corrected chi connectivity index (χ4v) is 2.13. The van der Waals surface area contributed by atoms with Crippen molar-refractivity contribution in [3.05, 3.63) is 63.2 Å². The molecule has 2 aromatic rings. The number of hydrogen-bond donors (Lipinski definition) is 1. The van der Waals surface area contributed by atoms with Crippen molar-refractivity contribution in [1.82, 2.24) is 0 Å². The minimum Gasteiger partial charge on any atom is -0.452 e. The fourth-order valence-electron chi connectivity index (χ4n) is 1.77. The van der Waals surface area contributed by atoms with Crippen molar-refractivity contribution in [2.45, 2.75) is 6.18 Å². The minimum absolute atomic E-state index is 0.271. The molecule has 24 heavy (non-hydrogen) atoms. The molecule has 0 aliphatic heterocycles. The first-order valence-electron chi connectivity index (χ1n) is 6.65. The summed E-state index contributed by atoms with van der Waals surface area (Å²) in [5, 5.41) is 2.51. The van der Waals surface area contributed by atoms with Crippen LogP contribution >= 0.6 is 22.6 Å². The molecule has 0 aromatic heterocycles. The molecule has 126 valence electrons. The number of ether oxygens (including phenoxy) is 1. The van der Waals surface area contributed by atoms with Gasteiger partial charge in [0.05, 0.1) is 11.1 Å². The highest BCUT2D eigenvalue weighted by Crippen LogP contribution is 2.29. The number of benzene rings is 2. The number of anilines is 1. The van der Waals surface area contributed by atoms with Crippen LogP contribution in [0.5, 0.6) is 0 Å². The summed E-state index contributed by atoms with van der Waals surface area (Å²) in [4.78, 5) is 23.4. The zero-order valence-corrected chi connectivity index (χ0v) is 14.2. The normalized spacial score (nSPS) is 11.0. The second-order valence-electron chi connectivity index (χ2n) is 4.71. The largest absolute Gasteiger partial charge is 0.452 e. The lowest BCUT2D eigenvalue weighted by molar-refractivity contribution is -0.137. The predicted octanol–water partition coefficient (Wildman–Crippen LogP) is 4.11. The van der Waals surface area contributed by atoms with E-state index in [4.69, 9.17) is 4.74 Å². The van der Waals surface area contributed by atoms with Crippen LogP contribution < -0.4 is 5.32 Å². The van der Waals surface area contributed by atoms with Gasteiger partial charge < -0.3 is 10.1 Å². The Balaban J connectivity index is 1.93. The van der Waals surface area contributed by atoms with Gasteiger partial charge in [-0.2, -0.15) is 13.2 Å². The van der Waals surface area contributed by atoms with Gasteiger partial charge in [-0.3, -0.25) is 4.79 Å². The third kappa shape index (κ3) is 5.22. The summed E-state index contributed by atoms with van der Waals surface area (Å²) in [7, 11) is 0. The maximum atomic E-state index is 12.6. The lowest BCUT2D eigenvalue weighted by Crippen LogP contribution is -2.21. The van der Waals surface area contributed by atoms with Crippen molar-refractivity contribution in [3.63, 3.8) is 0 Å². The molecule has 0 saturated carbocycles. The molecule has 0 heterocycles. The summed E-state index contributed by atoms with van der Waals surface area (Å²) in [5.41, 5.74) is -0.706. The Labute approximate surface area is 149 Å². The maximum absolute atomic E-state index is 12.6. The van der Waals surface area contributed by atoms with E-state index in [1.807, 2.05) is 0 Å². The molecule has 1 N–H and O–H groups in total. The SMILES string of the molecule is O=C(COC(=O)c1cccc(C(F)(F)F)c1)Nc1ccc(I)cc1. The maximum Gasteiger partial charge on any atom is 0.416 e. The number of nitrogens with one attached hydrogen (secondary N) is 1. The molecule has 0 bridgehead atoms. The van der Waals surface area contributed by atoms with Gasteiger partial charge in [0.25, 0.3) is 5.91 Å². The molecule has 8 heteroatoms. The molecule has 0 saturated heterocycles. The van der Waals surface area contributed by atoms with Crippen LogP contribution in [-0.2, 0) is 15.7 Å². The number of carbonyl (C=O) groups excluding carboxylic acids is 2. The number of rotatable bonds is 4. The summed E-state index contributed by atoms with van der Waals surface area (Å²) in [6.45, 7) is -0.596. The molecular formula is C16H11F3INO3. The molecule has 1 amide bonds. The first-order chi connectivity index (χ1) is 11.3. The first kappa shape index (κ1) is 18.2. The van der Waals surface area contributed by atoms with E-state index < -0.39 is 30.2 Å². The first-order valence-corrected chi connectivity index (χ1v) is 7.73. The molecule has 0 atom stereocenters. The van der Waals surface area contributed by atoms with Crippen LogP contribution in [0.2, 0.25) is 0 Å². The molecular weight excluding hydrogens is 438 g/mol. The lowest BCUT2D eigenvalue weighted by atomic mass is 10.1. The molecule has 0 radical (unpaired) electrons. The molecule has 0 fully saturated rings. The molecule has 2 rings (SSSR count). The van der Waals surface area contributed by atoms with E-state index in [9.17, 15) is 22.8 Å². The Morgan fingerprint density at radius 3 is 2.38 bits per heavy atom. The Hall–Kier alpha value is -2.10. The molecule has 2 aromatic carbocycles. The molecule has 0 spiro atoms. The fraction of sp³-hybridized carbons (Fsp3) is 0.125. The van der Waals surface area contributed by atoms with Crippen molar-refractivity contribution < 1.29 is 27.5 Å². The number of carbonyl (C=O) groups is 2. The van der Waals surface area contributed by atoms with Crippen molar-refractivity contribution >= 4 is 40.2 Å². The highest BCUT2D eigenvalue weighted by Gasteiger charge is 2.31. The Kier molecular flexibility index (Phi) is 5.81. The summed E-state index contributed by atoms with van der Waals surface area (Å²) in [5.74, 6) is -1.59. The quantitative estimate of drug-likeness (QED) is 0.565. The van der Waals surface area contributed by atoms with E-state index in [1.165, 1.54) is 6.07 Å². The Morgan fingerprint density at radius 1 is 1.08 bits per heavy atom. The topological polar surface area (TPSA) is 55.4 Å². The highest BCUT2D eigenvalue weighted by molar-refractivity contribution is 14.1. The third-order valence-corrected chi connectivity index (χ3v) is 3.61. The standard InChI is InChI=1S/C16H11F3INO3/c17-16(18,19)11-3-1-2-10(8-11)15(23)24-9-14(22)21-13-6-4-12(20)5-7-13/h1-8H,9H2,(H,21,22). The van der Waals surface area contributed by atoms with Crippen LogP contribution in [0, 0.1) is 3.57 Å². The van der Waals surface area contributed by atoms with Gasteiger partial charge >= 0.3 is 12.1 Å². The third-order valence-electron chi connectivity index (χ3n) is 2.89. The number of halogens is 4. The van der Waals surface area contributed by atoms with Gasteiger partial charge in [0.1, 0.15) is 0 Å². The van der Waals surface area contributed by atoms with Gasteiger partial charge in [-0.1, -0.05) is 6.07 Å². The number of hydrogen-bond acceptors (Lipinski definition) is 3. The van der Waals surface area contributed by atoms with Crippen molar-refractivity contribution in [1.29, 1.82) is 0 Å². The summed E-state index contributed by atoms with van der Waals surface area (Å²) < 4.78 is 43.5. The van der Waals surface area contributed by atoms with Crippen LogP contribution in [-0.4, -0.2) is 18.5 Å². The second kappa shape index (κ2) is 7.65. The molecule has 4 nitrogen and oxygen atoms in total. The van der Waals surface area contributed by atoms with Gasteiger partial charge in [0.2, 0.25) is 0 Å². The number of amides is 1. The van der Waals surface area contributed by atoms with Crippen LogP contribution in [0.1, 0.15) is 15.9 Å². The predicted molar refractivity (Wildman–Crippen MR) is 89.5 cm³/mol. The van der Waals surface area contributed by atoms with Crippen LogP contribution in [0.4, 0.5) is 18.9 Å². The monoisotopic (exact) mass is 449 g/mol. The van der Waals surface area contributed by atoms with Crippen LogP contribution in [0.15, 0.2) is 48.5 Å². The van der Waals surface area contributed by atoms with E-state index in [1.54, 1.807) is 24.3 Å². The van der Waals surface area contributed by atoms with Crippen molar-refractivity contribution in [2.24, 2.45) is 0 Å². The Morgan fingerprint density at radius 2 is 1.75 bits per heavy atom. The van der Waals surface area contributed by atoms with E-state index >= 15 is 0 Å². The van der Waals surface area contributed by atoms with Crippen molar-refractivity contribution in [3.8, 4) is 0 Å². The van der Waals surface area contributed by atoms with Gasteiger partial charge in [-0.25, -0.2) is 4.79 Å². The van der Waals surface area contributed by atoms with E-state index in [-0.39, 0.29) is 5.56 Å². The van der Waals surface area contributed by atoms with Crippen LogP contribution in [0.3, 0.4) is 0 Å². The summed E-state index contributed by atoms with van der Waals surface area (Å²) >= 11 is 2.11. The van der Waals surface area contributed by atoms with E-state index in [0.717, 1.165) is 15.7 Å². The van der Waals surface area contributed by atoms with Gasteiger partial charge in [-0.15, -0.1) is 0 Å². The van der Waals surface area contributed by atoms with Crippen molar-refractivity contribution in [2.75, 3.05) is 11.9 Å². The number of esters is 1. The summed E-state index contributed by atoms with van der Waals surface area (Å²) in [6, 6.07) is 10.7. The molecule has 0 aliphatic carbocycles. The summed E-state index contributed by atoms with van der Waals surface area (Å²) in [6.07, 6.45) is -4.56. The van der Waals surface area contributed by atoms with Gasteiger partial charge in [0.15, 0.2) is 6.61 Å². The van der Waals surface area contributed by atoms with Crippen LogP contribution in [0.25, 0.3) is 0 Å². The Bertz CT molecular complexity index is 745. The lowest BCUT2D eigenvalue weighted by Gasteiger charge is -2.09. The molecule has 0 unspecified atom stereocenters. The zero-order chi connectivity index (χ0) is 17.7. The van der Waals surface area contributed by atoms with Gasteiger partial charge in [-0.05, 0) is 65.1 Å². The smallest absolute Gasteiger partial charge is 0.416 e. The van der Waals surface area contributed by atoms with E-state index in [0.29, 0.717) is 11.8 Å². The minimum atomic E-state index is -4.56. The van der Waals surface area contributed by atoms with E-state index in [2.05, 4.69) is 27.9 Å². The highest BCUT2D eigenvalue weighted by atomic mass is 127. The average Bonchev–Trinajstić information content (AvgIpc) is 2.54. The second-order valence-corrected chi connectivity index (χ2v) is 5.96.